The second-order valence-electron chi connectivity index (χ2n) is 4.47. The number of aromatic nitrogens is 1. The van der Waals surface area contributed by atoms with Crippen LogP contribution in [0.15, 0.2) is 5.38 Å². The molecule has 0 aliphatic carbocycles. The van der Waals surface area contributed by atoms with Crippen LogP contribution in [0.25, 0.3) is 0 Å². The Labute approximate surface area is 110 Å². The van der Waals surface area contributed by atoms with Crippen molar-refractivity contribution in [3.63, 3.8) is 0 Å². The van der Waals surface area contributed by atoms with Gasteiger partial charge < -0.3 is 14.7 Å². The summed E-state index contributed by atoms with van der Waals surface area (Å²) >= 11 is 1.68. The molecule has 0 bridgehead atoms. The molecular weight excluding hydrogens is 252 g/mol. The number of carbonyl (C=O) groups is 1. The molecule has 1 fully saturated rings. The minimum Gasteiger partial charge on any atom is -0.481 e. The summed E-state index contributed by atoms with van der Waals surface area (Å²) in [6.07, 6.45) is 2.17. The smallest absolute Gasteiger partial charge is 0.305 e. The normalized spacial score (nSPS) is 17.1. The second kappa shape index (κ2) is 6.15. The summed E-state index contributed by atoms with van der Waals surface area (Å²) in [5.41, 5.74) is 1.06. The van der Waals surface area contributed by atoms with Gasteiger partial charge in [-0.1, -0.05) is 0 Å². The molecule has 0 unspecified atom stereocenters. The number of ether oxygens (including phenoxy) is 1. The van der Waals surface area contributed by atoms with Crippen LogP contribution in [-0.2, 0) is 9.53 Å². The van der Waals surface area contributed by atoms with E-state index < -0.39 is 5.97 Å². The molecule has 0 amide bonds. The maximum absolute atomic E-state index is 10.4. The van der Waals surface area contributed by atoms with Gasteiger partial charge >= 0.3 is 5.97 Å². The van der Waals surface area contributed by atoms with Gasteiger partial charge in [-0.2, -0.15) is 0 Å². The Hall–Kier alpha value is -1.14. The van der Waals surface area contributed by atoms with Gasteiger partial charge in [-0.05, 0) is 19.8 Å². The summed E-state index contributed by atoms with van der Waals surface area (Å²) in [5.74, 6) is -0.800. The largest absolute Gasteiger partial charge is 0.481 e. The molecule has 1 aromatic rings. The van der Waals surface area contributed by atoms with E-state index >= 15 is 0 Å². The number of piperidine rings is 1. The van der Waals surface area contributed by atoms with Crippen molar-refractivity contribution in [3.05, 3.63) is 11.1 Å². The summed E-state index contributed by atoms with van der Waals surface area (Å²) in [4.78, 5) is 17.1. The molecule has 0 spiro atoms. The third-order valence-electron chi connectivity index (χ3n) is 2.99. The molecule has 6 heteroatoms. The van der Waals surface area contributed by atoms with Crippen LogP contribution in [0.4, 0.5) is 5.13 Å². The Bertz CT molecular complexity index is 400. The molecule has 0 radical (unpaired) electrons. The van der Waals surface area contributed by atoms with Crippen LogP contribution in [0.5, 0.6) is 0 Å². The van der Waals surface area contributed by atoms with Crippen molar-refractivity contribution >= 4 is 22.4 Å². The number of hydrogen-bond donors (Lipinski definition) is 1. The third kappa shape index (κ3) is 3.68. The third-order valence-corrected chi connectivity index (χ3v) is 4.01. The van der Waals surface area contributed by atoms with E-state index in [1.807, 2.05) is 6.92 Å². The number of aliphatic carboxylic acids is 1. The monoisotopic (exact) mass is 270 g/mol. The number of hydrogen-bond acceptors (Lipinski definition) is 5. The number of rotatable bonds is 5. The standard InChI is InChI=1S/C12H18N2O3S/c1-9-8-18-12(13-9)14-5-2-10(3-6-14)17-7-4-11(15)16/h8,10H,2-7H2,1H3,(H,15,16). The second-order valence-corrected chi connectivity index (χ2v) is 5.31. The molecule has 0 aromatic carbocycles. The van der Waals surface area contributed by atoms with Crippen molar-refractivity contribution in [2.75, 3.05) is 24.6 Å². The van der Waals surface area contributed by atoms with Crippen LogP contribution in [-0.4, -0.2) is 41.9 Å². The Morgan fingerprint density at radius 3 is 2.89 bits per heavy atom. The molecule has 18 heavy (non-hydrogen) atoms. The highest BCUT2D eigenvalue weighted by Crippen LogP contribution is 2.24. The minimum absolute atomic E-state index is 0.0892. The molecule has 1 aliphatic rings. The first kappa shape index (κ1) is 13.3. The first-order chi connectivity index (χ1) is 8.65. The van der Waals surface area contributed by atoms with E-state index in [-0.39, 0.29) is 12.5 Å². The topological polar surface area (TPSA) is 62.7 Å². The minimum atomic E-state index is -0.800. The van der Waals surface area contributed by atoms with Gasteiger partial charge in [0, 0.05) is 18.5 Å². The summed E-state index contributed by atoms with van der Waals surface area (Å²) in [6, 6.07) is 0. The summed E-state index contributed by atoms with van der Waals surface area (Å²) < 4.78 is 5.56. The van der Waals surface area contributed by atoms with Gasteiger partial charge in [0.2, 0.25) is 0 Å². The maximum atomic E-state index is 10.4. The van der Waals surface area contributed by atoms with Crippen molar-refractivity contribution < 1.29 is 14.6 Å². The van der Waals surface area contributed by atoms with Gasteiger partial charge in [0.1, 0.15) is 0 Å². The van der Waals surface area contributed by atoms with Gasteiger partial charge in [0.15, 0.2) is 5.13 Å². The molecule has 1 aromatic heterocycles. The Kier molecular flexibility index (Phi) is 4.54. The zero-order valence-electron chi connectivity index (χ0n) is 10.5. The maximum Gasteiger partial charge on any atom is 0.305 e. The van der Waals surface area contributed by atoms with Gasteiger partial charge in [0.25, 0.3) is 0 Å². The number of carboxylic acids is 1. The highest BCUT2D eigenvalue weighted by molar-refractivity contribution is 7.13. The lowest BCUT2D eigenvalue weighted by atomic mass is 10.1. The number of anilines is 1. The van der Waals surface area contributed by atoms with Crippen LogP contribution in [0, 0.1) is 6.92 Å². The van der Waals surface area contributed by atoms with E-state index in [9.17, 15) is 4.79 Å². The number of aryl methyl sites for hydroxylation is 1. The SMILES string of the molecule is Cc1csc(N2CCC(OCCC(=O)O)CC2)n1. The van der Waals surface area contributed by atoms with Gasteiger partial charge in [-0.15, -0.1) is 11.3 Å². The van der Waals surface area contributed by atoms with Crippen LogP contribution < -0.4 is 4.90 Å². The summed E-state index contributed by atoms with van der Waals surface area (Å²) in [5, 5.41) is 11.7. The predicted octanol–water partition coefficient (Wildman–Crippen LogP) is 1.91. The summed E-state index contributed by atoms with van der Waals surface area (Å²) in [7, 11) is 0. The molecule has 1 N–H and O–H groups in total. The molecule has 0 saturated carbocycles. The molecule has 1 aliphatic heterocycles. The molecule has 2 heterocycles. The Balaban J connectivity index is 1.73. The average molecular weight is 270 g/mol. The van der Waals surface area contributed by atoms with Gasteiger partial charge in [0.05, 0.1) is 24.8 Å². The van der Waals surface area contributed by atoms with E-state index in [1.165, 1.54) is 0 Å². The average Bonchev–Trinajstić information content (AvgIpc) is 2.76. The zero-order chi connectivity index (χ0) is 13.0. The van der Waals surface area contributed by atoms with Crippen molar-refractivity contribution in [2.24, 2.45) is 0 Å². The quantitative estimate of drug-likeness (QED) is 0.885. The van der Waals surface area contributed by atoms with Gasteiger partial charge in [-0.3, -0.25) is 4.79 Å². The van der Waals surface area contributed by atoms with Crippen molar-refractivity contribution in [1.29, 1.82) is 0 Å². The first-order valence-corrected chi connectivity index (χ1v) is 7.03. The number of carboxylic acid groups (broad SMARTS) is 1. The molecule has 5 nitrogen and oxygen atoms in total. The molecular formula is C12H18N2O3S. The van der Waals surface area contributed by atoms with E-state index in [4.69, 9.17) is 9.84 Å². The molecule has 1 saturated heterocycles. The lowest BCUT2D eigenvalue weighted by Gasteiger charge is -2.31. The molecule has 2 rings (SSSR count). The van der Waals surface area contributed by atoms with E-state index in [0.717, 1.165) is 36.8 Å². The van der Waals surface area contributed by atoms with Crippen molar-refractivity contribution in [3.8, 4) is 0 Å². The molecule has 0 atom stereocenters. The van der Waals surface area contributed by atoms with Crippen LogP contribution in [0.1, 0.15) is 25.0 Å². The molecule has 100 valence electrons. The van der Waals surface area contributed by atoms with E-state index in [0.29, 0.717) is 6.61 Å². The Morgan fingerprint density at radius 2 is 2.33 bits per heavy atom. The van der Waals surface area contributed by atoms with Crippen molar-refractivity contribution in [1.82, 2.24) is 4.98 Å². The van der Waals surface area contributed by atoms with Crippen LogP contribution in [0.3, 0.4) is 0 Å². The highest BCUT2D eigenvalue weighted by Gasteiger charge is 2.21. The van der Waals surface area contributed by atoms with Gasteiger partial charge in [-0.25, -0.2) is 4.98 Å². The highest BCUT2D eigenvalue weighted by atomic mass is 32.1. The fraction of sp³-hybridized carbons (Fsp3) is 0.667. The zero-order valence-corrected chi connectivity index (χ0v) is 11.3. The fourth-order valence-electron chi connectivity index (χ4n) is 2.01. The number of thiazole rings is 1. The lowest BCUT2D eigenvalue weighted by molar-refractivity contribution is -0.138. The van der Waals surface area contributed by atoms with E-state index in [1.54, 1.807) is 11.3 Å². The van der Waals surface area contributed by atoms with Crippen LogP contribution in [0.2, 0.25) is 0 Å². The Morgan fingerprint density at radius 1 is 1.61 bits per heavy atom. The number of nitrogens with zero attached hydrogens (tertiary/aromatic N) is 2. The van der Waals surface area contributed by atoms with Crippen LogP contribution >= 0.6 is 11.3 Å². The lowest BCUT2D eigenvalue weighted by Crippen LogP contribution is -2.37. The van der Waals surface area contributed by atoms with E-state index in [2.05, 4.69) is 15.3 Å². The predicted molar refractivity (Wildman–Crippen MR) is 70.3 cm³/mol. The summed E-state index contributed by atoms with van der Waals surface area (Å²) in [6.45, 7) is 4.19. The first-order valence-electron chi connectivity index (χ1n) is 6.15. The fourth-order valence-corrected chi connectivity index (χ4v) is 2.87. The van der Waals surface area contributed by atoms with Crippen molar-refractivity contribution in [2.45, 2.75) is 32.3 Å².